The van der Waals surface area contributed by atoms with E-state index < -0.39 is 0 Å². The van der Waals surface area contributed by atoms with Gasteiger partial charge in [-0.2, -0.15) is 5.10 Å². The van der Waals surface area contributed by atoms with E-state index in [1.165, 1.54) is 0 Å². The lowest BCUT2D eigenvalue weighted by molar-refractivity contribution is 0.0933. The predicted molar refractivity (Wildman–Crippen MR) is 93.9 cm³/mol. The van der Waals surface area contributed by atoms with Gasteiger partial charge < -0.3 is 10.3 Å². The number of hydrogen-bond donors (Lipinski definition) is 3. The van der Waals surface area contributed by atoms with E-state index in [1.54, 1.807) is 17.4 Å². The molecule has 24 heavy (non-hydrogen) atoms. The summed E-state index contributed by atoms with van der Waals surface area (Å²) in [6, 6.07) is 13.2. The number of rotatable bonds is 4. The Bertz CT molecular complexity index is 952. The number of H-pyrrole nitrogens is 2. The molecule has 0 aliphatic heterocycles. The molecule has 0 radical (unpaired) electrons. The van der Waals surface area contributed by atoms with Crippen LogP contribution >= 0.6 is 11.3 Å². The summed E-state index contributed by atoms with van der Waals surface area (Å²) >= 11 is 1.60. The number of thiophene rings is 1. The number of nitrogens with zero attached hydrogens (tertiary/aromatic N) is 2. The number of para-hydroxylation sites is 2. The monoisotopic (exact) mass is 337 g/mol. The fourth-order valence-corrected chi connectivity index (χ4v) is 3.21. The van der Waals surface area contributed by atoms with Gasteiger partial charge in [0.05, 0.1) is 27.6 Å². The first-order valence-electron chi connectivity index (χ1n) is 7.55. The minimum absolute atomic E-state index is 0.234. The zero-order valence-corrected chi connectivity index (χ0v) is 13.7. The highest BCUT2D eigenvalue weighted by Crippen LogP contribution is 2.23. The van der Waals surface area contributed by atoms with Crippen LogP contribution in [0, 0.1) is 0 Å². The van der Waals surface area contributed by atoms with Crippen LogP contribution in [0.25, 0.3) is 21.6 Å². The third-order valence-electron chi connectivity index (χ3n) is 3.76. The Hall–Kier alpha value is -2.93. The topological polar surface area (TPSA) is 86.5 Å². The lowest BCUT2D eigenvalue weighted by atomic mass is 10.2. The number of carbonyl (C=O) groups is 1. The number of fused-ring (bicyclic) bond motifs is 1. The Kier molecular flexibility index (Phi) is 3.62. The smallest absolute Gasteiger partial charge is 0.272 e. The number of hydrogen-bond acceptors (Lipinski definition) is 4. The number of aromatic nitrogens is 4. The molecule has 1 amide bonds. The van der Waals surface area contributed by atoms with E-state index in [-0.39, 0.29) is 11.9 Å². The predicted octanol–water partition coefficient (Wildman–Crippen LogP) is 3.51. The molecular formula is C17H15N5OS. The summed E-state index contributed by atoms with van der Waals surface area (Å²) in [4.78, 5) is 21.2. The van der Waals surface area contributed by atoms with Crippen molar-refractivity contribution in [2.24, 2.45) is 0 Å². The second-order valence-corrected chi connectivity index (χ2v) is 6.43. The van der Waals surface area contributed by atoms with E-state index in [9.17, 15) is 4.79 Å². The van der Waals surface area contributed by atoms with Gasteiger partial charge in [0.25, 0.3) is 5.91 Å². The van der Waals surface area contributed by atoms with Gasteiger partial charge in [-0.05, 0) is 36.6 Å². The van der Waals surface area contributed by atoms with Crippen molar-refractivity contribution in [1.82, 2.24) is 25.5 Å². The van der Waals surface area contributed by atoms with Crippen molar-refractivity contribution >= 4 is 28.3 Å². The molecule has 4 rings (SSSR count). The molecular weight excluding hydrogens is 322 g/mol. The molecule has 1 atom stereocenters. The Balaban J connectivity index is 1.51. The summed E-state index contributed by atoms with van der Waals surface area (Å²) in [6.45, 7) is 1.89. The SMILES string of the molecule is C[C@@H](NC(=O)c1cc(-c2cccs2)[nH]n1)c1nc2ccccc2[nH]1. The molecule has 1 aromatic carbocycles. The average Bonchev–Trinajstić information content (AvgIpc) is 3.32. The lowest BCUT2D eigenvalue weighted by Crippen LogP contribution is -2.27. The van der Waals surface area contributed by atoms with Crippen molar-refractivity contribution in [3.8, 4) is 10.6 Å². The molecule has 120 valence electrons. The van der Waals surface area contributed by atoms with Crippen molar-refractivity contribution < 1.29 is 4.79 Å². The van der Waals surface area contributed by atoms with Crippen LogP contribution in [-0.2, 0) is 0 Å². The second kappa shape index (κ2) is 5.93. The Labute approximate surface area is 141 Å². The van der Waals surface area contributed by atoms with Gasteiger partial charge in [-0.3, -0.25) is 9.89 Å². The van der Waals surface area contributed by atoms with Gasteiger partial charge in [-0.25, -0.2) is 4.98 Å². The van der Waals surface area contributed by atoms with E-state index in [4.69, 9.17) is 0 Å². The van der Waals surface area contributed by atoms with Crippen LogP contribution in [0.15, 0.2) is 47.8 Å². The molecule has 0 spiro atoms. The first kappa shape index (κ1) is 14.6. The summed E-state index contributed by atoms with van der Waals surface area (Å²) in [5.41, 5.74) is 3.04. The molecule has 0 saturated heterocycles. The molecule has 6 nitrogen and oxygen atoms in total. The minimum atomic E-state index is -0.244. The van der Waals surface area contributed by atoms with E-state index >= 15 is 0 Å². The number of aromatic amines is 2. The summed E-state index contributed by atoms with van der Waals surface area (Å²) in [5, 5.41) is 11.9. The standard InChI is InChI=1S/C17H15N5OS/c1-10(16-19-11-5-2-3-6-12(11)20-16)18-17(23)14-9-13(21-22-14)15-7-4-8-24-15/h2-10H,1H3,(H,18,23)(H,19,20)(H,21,22)/t10-/m1/s1. The first-order valence-corrected chi connectivity index (χ1v) is 8.43. The molecule has 7 heteroatoms. The quantitative estimate of drug-likeness (QED) is 0.532. The normalized spacial score (nSPS) is 12.4. The molecule has 4 aromatic rings. The van der Waals surface area contributed by atoms with Crippen LogP contribution in [-0.4, -0.2) is 26.1 Å². The number of benzene rings is 1. The number of nitrogens with one attached hydrogen (secondary N) is 3. The van der Waals surface area contributed by atoms with Crippen LogP contribution < -0.4 is 5.32 Å². The molecule has 3 N–H and O–H groups in total. The van der Waals surface area contributed by atoms with Gasteiger partial charge in [0, 0.05) is 0 Å². The lowest BCUT2D eigenvalue weighted by Gasteiger charge is -2.09. The van der Waals surface area contributed by atoms with Crippen molar-refractivity contribution in [3.05, 3.63) is 59.4 Å². The van der Waals surface area contributed by atoms with Gasteiger partial charge in [0.15, 0.2) is 5.69 Å². The van der Waals surface area contributed by atoms with E-state index in [2.05, 4.69) is 25.5 Å². The average molecular weight is 337 g/mol. The third-order valence-corrected chi connectivity index (χ3v) is 4.67. The fourth-order valence-electron chi connectivity index (χ4n) is 2.51. The molecule has 0 unspecified atom stereocenters. The van der Waals surface area contributed by atoms with Gasteiger partial charge in [0.1, 0.15) is 5.82 Å². The van der Waals surface area contributed by atoms with Crippen LogP contribution in [0.2, 0.25) is 0 Å². The highest BCUT2D eigenvalue weighted by molar-refractivity contribution is 7.13. The summed E-state index contributed by atoms with van der Waals surface area (Å²) in [5.74, 6) is 0.487. The van der Waals surface area contributed by atoms with Gasteiger partial charge in [-0.1, -0.05) is 18.2 Å². The molecule has 0 aliphatic carbocycles. The van der Waals surface area contributed by atoms with Crippen LogP contribution in [0.5, 0.6) is 0 Å². The molecule has 0 aliphatic rings. The zero-order valence-electron chi connectivity index (χ0n) is 12.9. The number of imidazole rings is 1. The maximum atomic E-state index is 12.4. The Morgan fingerprint density at radius 3 is 2.92 bits per heavy atom. The summed E-state index contributed by atoms with van der Waals surface area (Å²) < 4.78 is 0. The maximum Gasteiger partial charge on any atom is 0.272 e. The van der Waals surface area contributed by atoms with Crippen molar-refractivity contribution in [2.45, 2.75) is 13.0 Å². The highest BCUT2D eigenvalue weighted by Gasteiger charge is 2.17. The fraction of sp³-hybridized carbons (Fsp3) is 0.118. The van der Waals surface area contributed by atoms with Gasteiger partial charge >= 0.3 is 0 Å². The van der Waals surface area contributed by atoms with Crippen molar-refractivity contribution in [3.63, 3.8) is 0 Å². The minimum Gasteiger partial charge on any atom is -0.341 e. The van der Waals surface area contributed by atoms with Crippen LogP contribution in [0.1, 0.15) is 29.3 Å². The van der Waals surface area contributed by atoms with Crippen molar-refractivity contribution in [1.29, 1.82) is 0 Å². The molecule has 0 bridgehead atoms. The second-order valence-electron chi connectivity index (χ2n) is 5.48. The highest BCUT2D eigenvalue weighted by atomic mass is 32.1. The van der Waals surface area contributed by atoms with Crippen LogP contribution in [0.4, 0.5) is 0 Å². The largest absolute Gasteiger partial charge is 0.341 e. The van der Waals surface area contributed by atoms with E-state index in [0.29, 0.717) is 5.69 Å². The molecule has 3 aromatic heterocycles. The molecule has 0 saturated carbocycles. The summed E-state index contributed by atoms with van der Waals surface area (Å²) in [7, 11) is 0. The van der Waals surface area contributed by atoms with Gasteiger partial charge in [-0.15, -0.1) is 11.3 Å². The summed E-state index contributed by atoms with van der Waals surface area (Å²) in [6.07, 6.45) is 0. The molecule has 3 heterocycles. The maximum absolute atomic E-state index is 12.4. The van der Waals surface area contributed by atoms with Crippen LogP contribution in [0.3, 0.4) is 0 Å². The zero-order chi connectivity index (χ0) is 16.5. The van der Waals surface area contributed by atoms with Gasteiger partial charge in [0.2, 0.25) is 0 Å². The van der Waals surface area contributed by atoms with E-state index in [0.717, 1.165) is 27.4 Å². The molecule has 0 fully saturated rings. The third kappa shape index (κ3) is 2.69. The van der Waals surface area contributed by atoms with E-state index in [1.807, 2.05) is 48.7 Å². The first-order chi connectivity index (χ1) is 11.7. The number of carbonyl (C=O) groups excluding carboxylic acids is 1. The van der Waals surface area contributed by atoms with Crippen molar-refractivity contribution in [2.75, 3.05) is 0 Å². The number of amides is 1. The Morgan fingerprint density at radius 1 is 1.25 bits per heavy atom. The Morgan fingerprint density at radius 2 is 2.12 bits per heavy atom.